The molecule has 0 aromatic carbocycles. The molecule has 2 fully saturated rings. The number of aromatic nitrogens is 1. The molecular weight excluding hydrogens is 467 g/mol. The van der Waals surface area contributed by atoms with Crippen LogP contribution in [0.25, 0.3) is 11.7 Å². The van der Waals surface area contributed by atoms with E-state index < -0.39 is 12.8 Å². The first kappa shape index (κ1) is 25.1. The molecule has 0 saturated carbocycles. The Morgan fingerprint density at radius 3 is 2.57 bits per heavy atom. The van der Waals surface area contributed by atoms with Crippen LogP contribution < -0.4 is 4.90 Å². The van der Waals surface area contributed by atoms with Crippen LogP contribution in [0.3, 0.4) is 0 Å². The van der Waals surface area contributed by atoms with Crippen LogP contribution >= 0.6 is 0 Å². The summed E-state index contributed by atoms with van der Waals surface area (Å²) >= 11 is 0. The molecule has 1 amide bonds. The molecule has 0 radical (unpaired) electrons. The summed E-state index contributed by atoms with van der Waals surface area (Å²) in [6.45, 7) is 3.27. The van der Waals surface area contributed by atoms with Gasteiger partial charge in [0.05, 0.1) is 6.26 Å². The number of halogens is 3. The van der Waals surface area contributed by atoms with Gasteiger partial charge in [0.1, 0.15) is 12.7 Å². The smallest absolute Gasteiger partial charge is 0.411 e. The van der Waals surface area contributed by atoms with Crippen molar-refractivity contribution in [3.05, 3.63) is 24.1 Å². The van der Waals surface area contributed by atoms with Crippen molar-refractivity contribution in [2.24, 2.45) is 5.92 Å². The number of piperazine rings is 1. The van der Waals surface area contributed by atoms with Crippen molar-refractivity contribution in [2.75, 3.05) is 63.9 Å². The Morgan fingerprint density at radius 2 is 1.94 bits per heavy atom. The van der Waals surface area contributed by atoms with Gasteiger partial charge in [-0.15, -0.1) is 0 Å². The van der Waals surface area contributed by atoms with Gasteiger partial charge in [0.15, 0.2) is 5.76 Å². The van der Waals surface area contributed by atoms with E-state index in [9.17, 15) is 23.2 Å². The Kier molecular flexibility index (Phi) is 7.97. The lowest BCUT2D eigenvalue weighted by atomic mass is 9.95. The molecule has 2 saturated heterocycles. The summed E-state index contributed by atoms with van der Waals surface area (Å²) in [5.74, 6) is 1.15. The van der Waals surface area contributed by atoms with Gasteiger partial charge in [0, 0.05) is 58.3 Å². The number of piperidine rings is 1. The summed E-state index contributed by atoms with van der Waals surface area (Å²) in [7, 11) is 0. The third-order valence-electron chi connectivity index (χ3n) is 6.29. The lowest BCUT2D eigenvalue weighted by Crippen LogP contribution is -2.51. The van der Waals surface area contributed by atoms with Crippen LogP contribution in [0.15, 0.2) is 27.2 Å². The number of oxazole rings is 1. The van der Waals surface area contributed by atoms with Gasteiger partial charge in [-0.25, -0.2) is 0 Å². The van der Waals surface area contributed by atoms with Gasteiger partial charge in [0.25, 0.3) is 5.89 Å². The summed E-state index contributed by atoms with van der Waals surface area (Å²) in [5, 5.41) is 9.46. The van der Waals surface area contributed by atoms with E-state index in [0.717, 1.165) is 0 Å². The quantitative estimate of drug-likeness (QED) is 0.515. The molecule has 9 nitrogen and oxygen atoms in total. The molecule has 12 heteroatoms. The Balaban J connectivity index is 1.20. The monoisotopic (exact) mass is 495 g/mol. The van der Waals surface area contributed by atoms with Crippen molar-refractivity contribution in [1.29, 1.82) is 5.26 Å². The zero-order valence-electron chi connectivity index (χ0n) is 19.3. The first-order valence-corrected chi connectivity index (χ1v) is 11.7. The van der Waals surface area contributed by atoms with E-state index in [4.69, 9.17) is 8.83 Å². The van der Waals surface area contributed by atoms with Crippen molar-refractivity contribution < 1.29 is 31.5 Å². The molecule has 4 heterocycles. The number of ether oxygens (including phenoxy) is 1. The molecule has 2 aromatic rings. The molecule has 35 heavy (non-hydrogen) atoms. The standard InChI is InChI=1S/C23H28F3N5O4/c24-23(25,26)16-33-13-2-6-29-9-11-30(12-10-29)21(32)17-4-7-31(8-5-17)22-18(15-27)28-20(35-22)19-3-1-14-34-19/h1,3,14,17H,2,4-13,16H2. The highest BCUT2D eigenvalue weighted by Gasteiger charge is 2.33. The normalized spacial score (nSPS) is 18.1. The molecule has 2 aliphatic heterocycles. The highest BCUT2D eigenvalue weighted by Crippen LogP contribution is 2.31. The van der Waals surface area contributed by atoms with Crippen molar-refractivity contribution in [1.82, 2.24) is 14.8 Å². The zero-order chi connectivity index (χ0) is 24.8. The number of furan rings is 1. The fraction of sp³-hybridized carbons (Fsp3) is 0.609. The predicted molar refractivity (Wildman–Crippen MR) is 118 cm³/mol. The molecule has 4 rings (SSSR count). The number of carbonyl (C=O) groups is 1. The third-order valence-corrected chi connectivity index (χ3v) is 6.29. The Morgan fingerprint density at radius 1 is 1.20 bits per heavy atom. The minimum atomic E-state index is -4.29. The summed E-state index contributed by atoms with van der Waals surface area (Å²) in [4.78, 5) is 23.2. The Hall–Kier alpha value is -3.04. The van der Waals surface area contributed by atoms with Gasteiger partial charge in [-0.2, -0.15) is 23.4 Å². The maximum atomic E-state index is 13.0. The van der Waals surface area contributed by atoms with Gasteiger partial charge in [0.2, 0.25) is 17.5 Å². The van der Waals surface area contributed by atoms with Gasteiger partial charge in [-0.1, -0.05) is 0 Å². The number of hydrogen-bond acceptors (Lipinski definition) is 8. The van der Waals surface area contributed by atoms with Crippen LogP contribution in [0, 0.1) is 17.2 Å². The molecule has 2 aliphatic rings. The molecule has 0 aliphatic carbocycles. The number of rotatable bonds is 8. The van der Waals surface area contributed by atoms with E-state index in [2.05, 4.69) is 20.7 Å². The SMILES string of the molecule is N#Cc1nc(-c2ccco2)oc1N1CCC(C(=O)N2CCN(CCCOCC(F)(F)F)CC2)CC1. The number of nitriles is 1. The van der Waals surface area contributed by atoms with Gasteiger partial charge in [-0.3, -0.25) is 9.69 Å². The zero-order valence-corrected chi connectivity index (χ0v) is 19.3. The lowest BCUT2D eigenvalue weighted by molar-refractivity contribution is -0.174. The fourth-order valence-electron chi connectivity index (χ4n) is 4.46. The predicted octanol–water partition coefficient (Wildman–Crippen LogP) is 3.14. The fourth-order valence-corrected chi connectivity index (χ4v) is 4.46. The summed E-state index contributed by atoms with van der Waals surface area (Å²) in [6, 6.07) is 5.50. The third kappa shape index (κ3) is 6.55. The summed E-state index contributed by atoms with van der Waals surface area (Å²) in [6.07, 6.45) is -0.960. The minimum Gasteiger partial charge on any atom is -0.459 e. The maximum absolute atomic E-state index is 13.0. The first-order valence-electron chi connectivity index (χ1n) is 11.7. The average Bonchev–Trinajstić information content (AvgIpc) is 3.53. The minimum absolute atomic E-state index is 0.0684. The number of alkyl halides is 3. The molecule has 0 atom stereocenters. The average molecular weight is 496 g/mol. The van der Waals surface area contributed by atoms with Gasteiger partial charge >= 0.3 is 6.18 Å². The van der Waals surface area contributed by atoms with E-state index in [-0.39, 0.29) is 30.0 Å². The van der Waals surface area contributed by atoms with Crippen molar-refractivity contribution in [2.45, 2.75) is 25.4 Å². The Labute approximate surface area is 201 Å². The van der Waals surface area contributed by atoms with Crippen molar-refractivity contribution in [3.8, 4) is 17.7 Å². The molecule has 0 N–H and O–H groups in total. The molecule has 2 aromatic heterocycles. The number of nitrogens with zero attached hydrogens (tertiary/aromatic N) is 5. The molecule has 0 bridgehead atoms. The topological polar surface area (TPSA) is 99.0 Å². The van der Waals surface area contributed by atoms with E-state index in [0.29, 0.717) is 76.7 Å². The second kappa shape index (κ2) is 11.1. The summed E-state index contributed by atoms with van der Waals surface area (Å²) in [5.41, 5.74) is 0.195. The summed E-state index contributed by atoms with van der Waals surface area (Å²) < 4.78 is 52.1. The highest BCUT2D eigenvalue weighted by atomic mass is 19.4. The molecular formula is C23H28F3N5O4. The second-order valence-electron chi connectivity index (χ2n) is 8.71. The van der Waals surface area contributed by atoms with Crippen LogP contribution in [-0.4, -0.2) is 85.9 Å². The van der Waals surface area contributed by atoms with Gasteiger partial charge < -0.3 is 23.4 Å². The van der Waals surface area contributed by atoms with Crippen molar-refractivity contribution >= 4 is 11.8 Å². The van der Waals surface area contributed by atoms with Crippen LogP contribution in [0.4, 0.5) is 19.1 Å². The van der Waals surface area contributed by atoms with E-state index in [1.165, 1.54) is 6.26 Å². The Bertz CT molecular complexity index is 1000. The largest absolute Gasteiger partial charge is 0.459 e. The van der Waals surface area contributed by atoms with Gasteiger partial charge in [-0.05, 0) is 31.4 Å². The number of hydrogen-bond donors (Lipinski definition) is 0. The second-order valence-corrected chi connectivity index (χ2v) is 8.71. The van der Waals surface area contributed by atoms with E-state index in [1.807, 2.05) is 9.80 Å². The van der Waals surface area contributed by atoms with Crippen LogP contribution in [0.1, 0.15) is 25.0 Å². The first-order chi connectivity index (χ1) is 16.8. The van der Waals surface area contributed by atoms with Crippen LogP contribution in [0.5, 0.6) is 0 Å². The highest BCUT2D eigenvalue weighted by molar-refractivity contribution is 5.79. The lowest BCUT2D eigenvalue weighted by Gasteiger charge is -2.38. The van der Waals surface area contributed by atoms with Crippen LogP contribution in [0.2, 0.25) is 0 Å². The van der Waals surface area contributed by atoms with Crippen molar-refractivity contribution in [3.63, 3.8) is 0 Å². The molecule has 0 spiro atoms. The number of carbonyl (C=O) groups excluding carboxylic acids is 1. The molecule has 190 valence electrons. The molecule has 0 unspecified atom stereocenters. The number of amides is 1. The van der Waals surface area contributed by atoms with E-state index >= 15 is 0 Å². The maximum Gasteiger partial charge on any atom is 0.411 e. The number of anilines is 1. The van der Waals surface area contributed by atoms with E-state index in [1.54, 1.807) is 12.1 Å². The van der Waals surface area contributed by atoms with Crippen LogP contribution in [-0.2, 0) is 9.53 Å².